The SMILES string of the molecule is Cc1cn(Cc2cncs2)c(NC2CCCC2)n1. The van der Waals surface area contributed by atoms with Gasteiger partial charge in [0.05, 0.1) is 17.7 Å². The third kappa shape index (κ3) is 2.56. The molecule has 0 radical (unpaired) electrons. The van der Waals surface area contributed by atoms with Crippen molar-refractivity contribution in [2.75, 3.05) is 5.32 Å². The molecule has 1 saturated carbocycles. The number of thiazole rings is 1. The minimum absolute atomic E-state index is 0.604. The molecule has 2 aromatic heterocycles. The quantitative estimate of drug-likeness (QED) is 0.921. The van der Waals surface area contributed by atoms with Crippen molar-refractivity contribution in [3.05, 3.63) is 28.5 Å². The minimum atomic E-state index is 0.604. The number of nitrogens with zero attached hydrogens (tertiary/aromatic N) is 3. The summed E-state index contributed by atoms with van der Waals surface area (Å²) >= 11 is 1.69. The molecule has 0 atom stereocenters. The summed E-state index contributed by atoms with van der Waals surface area (Å²) in [7, 11) is 0. The van der Waals surface area contributed by atoms with Crippen LogP contribution in [0.3, 0.4) is 0 Å². The Morgan fingerprint density at radius 2 is 2.28 bits per heavy atom. The lowest BCUT2D eigenvalue weighted by Crippen LogP contribution is -2.18. The van der Waals surface area contributed by atoms with E-state index in [0.29, 0.717) is 6.04 Å². The molecule has 0 aromatic carbocycles. The average Bonchev–Trinajstić information content (AvgIpc) is 3.03. The fourth-order valence-electron chi connectivity index (χ4n) is 2.52. The van der Waals surface area contributed by atoms with Crippen LogP contribution in [0.15, 0.2) is 17.9 Å². The topological polar surface area (TPSA) is 42.7 Å². The molecule has 0 spiro atoms. The van der Waals surface area contributed by atoms with E-state index < -0.39 is 0 Å². The van der Waals surface area contributed by atoms with E-state index in [2.05, 4.69) is 26.0 Å². The Morgan fingerprint density at radius 3 is 3.00 bits per heavy atom. The van der Waals surface area contributed by atoms with E-state index in [1.54, 1.807) is 11.3 Å². The molecule has 0 amide bonds. The van der Waals surface area contributed by atoms with Crippen LogP contribution in [0.2, 0.25) is 0 Å². The Balaban J connectivity index is 1.76. The van der Waals surface area contributed by atoms with Crippen LogP contribution in [0, 0.1) is 6.92 Å². The first kappa shape index (κ1) is 11.7. The highest BCUT2D eigenvalue weighted by Gasteiger charge is 2.17. The van der Waals surface area contributed by atoms with E-state index >= 15 is 0 Å². The summed E-state index contributed by atoms with van der Waals surface area (Å²) in [6.45, 7) is 2.91. The molecule has 4 nitrogen and oxygen atoms in total. The monoisotopic (exact) mass is 262 g/mol. The van der Waals surface area contributed by atoms with Gasteiger partial charge in [0.15, 0.2) is 0 Å². The number of imidazole rings is 1. The number of hydrogen-bond acceptors (Lipinski definition) is 4. The van der Waals surface area contributed by atoms with Crippen LogP contribution < -0.4 is 5.32 Å². The van der Waals surface area contributed by atoms with E-state index in [-0.39, 0.29) is 0 Å². The van der Waals surface area contributed by atoms with E-state index in [0.717, 1.165) is 18.2 Å². The number of hydrogen-bond donors (Lipinski definition) is 1. The molecule has 3 rings (SSSR count). The molecule has 0 bridgehead atoms. The molecular weight excluding hydrogens is 244 g/mol. The first-order valence-corrected chi connectivity index (χ1v) is 7.37. The number of anilines is 1. The van der Waals surface area contributed by atoms with Gasteiger partial charge in [0.25, 0.3) is 0 Å². The molecule has 1 N–H and O–H groups in total. The van der Waals surface area contributed by atoms with Gasteiger partial charge in [-0.25, -0.2) is 4.98 Å². The average molecular weight is 262 g/mol. The number of aromatic nitrogens is 3. The summed E-state index contributed by atoms with van der Waals surface area (Å²) in [5, 5.41) is 3.58. The van der Waals surface area contributed by atoms with Crippen LogP contribution in [0.1, 0.15) is 36.3 Å². The second-order valence-electron chi connectivity index (χ2n) is 4.93. The first-order valence-electron chi connectivity index (χ1n) is 6.49. The summed E-state index contributed by atoms with van der Waals surface area (Å²) in [5.74, 6) is 1.01. The molecule has 1 aliphatic rings. The van der Waals surface area contributed by atoms with Gasteiger partial charge in [-0.15, -0.1) is 11.3 Å². The Bertz CT molecular complexity index is 497. The van der Waals surface area contributed by atoms with Crippen LogP contribution in [0.4, 0.5) is 5.95 Å². The Kier molecular flexibility index (Phi) is 3.32. The van der Waals surface area contributed by atoms with Crippen molar-refractivity contribution in [3.63, 3.8) is 0 Å². The molecule has 0 saturated heterocycles. The third-order valence-electron chi connectivity index (χ3n) is 3.40. The maximum Gasteiger partial charge on any atom is 0.203 e. The number of nitrogens with one attached hydrogen (secondary N) is 1. The molecule has 0 unspecified atom stereocenters. The zero-order valence-electron chi connectivity index (χ0n) is 10.6. The number of aryl methyl sites for hydroxylation is 1. The van der Waals surface area contributed by atoms with Crippen molar-refractivity contribution in [2.24, 2.45) is 0 Å². The van der Waals surface area contributed by atoms with Crippen molar-refractivity contribution < 1.29 is 0 Å². The minimum Gasteiger partial charge on any atom is -0.353 e. The van der Waals surface area contributed by atoms with Gasteiger partial charge in [0, 0.05) is 23.3 Å². The maximum absolute atomic E-state index is 4.59. The van der Waals surface area contributed by atoms with Gasteiger partial charge in [0.2, 0.25) is 5.95 Å². The summed E-state index contributed by atoms with van der Waals surface area (Å²) in [6, 6.07) is 0.604. The van der Waals surface area contributed by atoms with Crippen molar-refractivity contribution in [2.45, 2.75) is 45.2 Å². The largest absolute Gasteiger partial charge is 0.353 e. The van der Waals surface area contributed by atoms with Gasteiger partial charge < -0.3 is 9.88 Å². The maximum atomic E-state index is 4.59. The van der Waals surface area contributed by atoms with Crippen LogP contribution in [-0.4, -0.2) is 20.6 Å². The van der Waals surface area contributed by atoms with Crippen molar-refractivity contribution in [3.8, 4) is 0 Å². The van der Waals surface area contributed by atoms with Gasteiger partial charge in [-0.3, -0.25) is 4.98 Å². The van der Waals surface area contributed by atoms with Gasteiger partial charge >= 0.3 is 0 Å². The predicted molar refractivity (Wildman–Crippen MR) is 74.1 cm³/mol. The molecule has 2 aromatic rings. The molecule has 96 valence electrons. The fraction of sp³-hybridized carbons (Fsp3) is 0.538. The molecular formula is C13H18N4S. The second-order valence-corrected chi connectivity index (χ2v) is 5.90. The normalized spacial score (nSPS) is 16.3. The zero-order chi connectivity index (χ0) is 12.4. The summed E-state index contributed by atoms with van der Waals surface area (Å²) in [6.07, 6.45) is 9.26. The molecule has 2 heterocycles. The third-order valence-corrected chi connectivity index (χ3v) is 4.16. The van der Waals surface area contributed by atoms with E-state index in [1.165, 1.54) is 30.6 Å². The van der Waals surface area contributed by atoms with Crippen LogP contribution in [0.25, 0.3) is 0 Å². The van der Waals surface area contributed by atoms with E-state index in [1.807, 2.05) is 18.6 Å². The highest BCUT2D eigenvalue weighted by Crippen LogP contribution is 2.22. The smallest absolute Gasteiger partial charge is 0.203 e. The molecule has 1 aliphatic carbocycles. The summed E-state index contributed by atoms with van der Waals surface area (Å²) < 4.78 is 2.20. The zero-order valence-corrected chi connectivity index (χ0v) is 11.4. The van der Waals surface area contributed by atoms with Crippen molar-refractivity contribution in [1.82, 2.24) is 14.5 Å². The summed E-state index contributed by atoms with van der Waals surface area (Å²) in [4.78, 5) is 9.98. The van der Waals surface area contributed by atoms with Gasteiger partial charge in [-0.1, -0.05) is 12.8 Å². The lowest BCUT2D eigenvalue weighted by molar-refractivity contribution is 0.718. The standard InChI is InChI=1S/C13H18N4S/c1-10-7-17(8-12-6-14-9-18-12)13(15-10)16-11-4-2-3-5-11/h6-7,9,11H,2-5,8H2,1H3,(H,15,16). The molecule has 1 fully saturated rings. The van der Waals surface area contributed by atoms with E-state index in [9.17, 15) is 0 Å². The van der Waals surface area contributed by atoms with E-state index in [4.69, 9.17) is 0 Å². The molecule has 18 heavy (non-hydrogen) atoms. The van der Waals surface area contributed by atoms with Crippen molar-refractivity contribution in [1.29, 1.82) is 0 Å². The molecule has 0 aliphatic heterocycles. The Labute approximate surface area is 111 Å². The van der Waals surface area contributed by atoms with Crippen LogP contribution >= 0.6 is 11.3 Å². The Hall–Kier alpha value is -1.36. The van der Waals surface area contributed by atoms with Gasteiger partial charge in [-0.2, -0.15) is 0 Å². The van der Waals surface area contributed by atoms with Gasteiger partial charge in [-0.05, 0) is 19.8 Å². The van der Waals surface area contributed by atoms with Crippen molar-refractivity contribution >= 4 is 17.3 Å². The highest BCUT2D eigenvalue weighted by atomic mass is 32.1. The van der Waals surface area contributed by atoms with Gasteiger partial charge in [0.1, 0.15) is 0 Å². The number of rotatable bonds is 4. The lowest BCUT2D eigenvalue weighted by atomic mass is 10.2. The fourth-order valence-corrected chi connectivity index (χ4v) is 3.12. The van der Waals surface area contributed by atoms with Crippen LogP contribution in [-0.2, 0) is 6.54 Å². The highest BCUT2D eigenvalue weighted by molar-refractivity contribution is 7.09. The first-order chi connectivity index (χ1) is 8.81. The molecule has 5 heteroatoms. The summed E-state index contributed by atoms with van der Waals surface area (Å²) in [5.41, 5.74) is 2.95. The van der Waals surface area contributed by atoms with Crippen LogP contribution in [0.5, 0.6) is 0 Å². The predicted octanol–water partition coefficient (Wildman–Crippen LogP) is 3.05. The Morgan fingerprint density at radius 1 is 1.44 bits per heavy atom. The second kappa shape index (κ2) is 5.10. The lowest BCUT2D eigenvalue weighted by Gasteiger charge is -2.14.